The Labute approximate surface area is 187 Å². The standard InChI is InChI=1S/C20H33ClN8O2/c1-2-5-14(30)26-13-9-7-12(8-10-13)6-3-4-11-25-20(24)29-19(31)15-17(22)28-18(23)16(21)27-15/h12-13H,2-11H2,1H3,(H,26,30)(H4,22,23,28)(H3,24,25,29,31). The van der Waals surface area contributed by atoms with Gasteiger partial charge in [-0.05, 0) is 44.4 Å². The summed E-state index contributed by atoms with van der Waals surface area (Å²) < 4.78 is 0. The summed E-state index contributed by atoms with van der Waals surface area (Å²) in [6.07, 6.45) is 8.94. The highest BCUT2D eigenvalue weighted by molar-refractivity contribution is 6.31. The number of nitrogens with one attached hydrogen (secondary N) is 4. The molecule has 0 saturated heterocycles. The molecule has 0 atom stereocenters. The topological polar surface area (TPSA) is 172 Å². The van der Waals surface area contributed by atoms with Gasteiger partial charge in [0.25, 0.3) is 5.91 Å². The average Bonchev–Trinajstić information content (AvgIpc) is 2.71. The second-order valence-electron chi connectivity index (χ2n) is 7.92. The molecule has 1 fully saturated rings. The van der Waals surface area contributed by atoms with E-state index in [1.54, 1.807) is 0 Å². The Hall–Kier alpha value is -2.62. The quantitative estimate of drug-likeness (QED) is 0.189. The summed E-state index contributed by atoms with van der Waals surface area (Å²) in [7, 11) is 0. The molecular formula is C20H33ClN8O2. The van der Waals surface area contributed by atoms with Crippen molar-refractivity contribution in [3.05, 3.63) is 10.8 Å². The molecule has 1 aliphatic carbocycles. The van der Waals surface area contributed by atoms with Crippen LogP contribution in [-0.2, 0) is 4.79 Å². The third-order valence-electron chi connectivity index (χ3n) is 5.39. The van der Waals surface area contributed by atoms with Crippen LogP contribution in [0.1, 0.15) is 75.2 Å². The molecule has 1 aromatic rings. The normalized spacial score (nSPS) is 18.3. The molecule has 1 heterocycles. The number of carbonyl (C=O) groups is 2. The van der Waals surface area contributed by atoms with Gasteiger partial charge in [-0.1, -0.05) is 31.4 Å². The number of rotatable bonds is 9. The lowest BCUT2D eigenvalue weighted by Gasteiger charge is -2.29. The zero-order chi connectivity index (χ0) is 22.8. The van der Waals surface area contributed by atoms with Crippen LogP contribution >= 0.6 is 11.6 Å². The monoisotopic (exact) mass is 452 g/mol. The lowest BCUT2D eigenvalue weighted by atomic mass is 9.83. The van der Waals surface area contributed by atoms with Crippen LogP contribution in [0, 0.1) is 11.3 Å². The van der Waals surface area contributed by atoms with Crippen molar-refractivity contribution in [1.29, 1.82) is 5.41 Å². The van der Waals surface area contributed by atoms with Gasteiger partial charge in [0, 0.05) is 19.0 Å². The number of carbonyl (C=O) groups excluding carboxylic acids is 2. The molecule has 0 unspecified atom stereocenters. The highest BCUT2D eigenvalue weighted by Gasteiger charge is 2.22. The average molecular weight is 453 g/mol. The fourth-order valence-electron chi connectivity index (χ4n) is 3.72. The second-order valence-corrected chi connectivity index (χ2v) is 8.28. The number of nitrogen functional groups attached to an aromatic ring is 2. The van der Waals surface area contributed by atoms with Crippen LogP contribution in [0.3, 0.4) is 0 Å². The van der Waals surface area contributed by atoms with Crippen LogP contribution in [0.4, 0.5) is 11.6 Å². The van der Waals surface area contributed by atoms with Crippen molar-refractivity contribution in [1.82, 2.24) is 25.9 Å². The van der Waals surface area contributed by atoms with Gasteiger partial charge in [-0.15, -0.1) is 0 Å². The van der Waals surface area contributed by atoms with Gasteiger partial charge in [-0.25, -0.2) is 9.97 Å². The Morgan fingerprint density at radius 3 is 2.52 bits per heavy atom. The minimum Gasteiger partial charge on any atom is -0.382 e. The van der Waals surface area contributed by atoms with Crippen LogP contribution in [0.5, 0.6) is 0 Å². The summed E-state index contributed by atoms with van der Waals surface area (Å²) in [6.45, 7) is 2.59. The van der Waals surface area contributed by atoms with Crippen molar-refractivity contribution in [2.45, 2.75) is 70.8 Å². The van der Waals surface area contributed by atoms with Gasteiger partial charge in [0.15, 0.2) is 28.4 Å². The lowest BCUT2D eigenvalue weighted by Crippen LogP contribution is -2.41. The summed E-state index contributed by atoms with van der Waals surface area (Å²) in [5.41, 5.74) is 11.0. The molecule has 1 aliphatic rings. The van der Waals surface area contributed by atoms with E-state index >= 15 is 0 Å². The predicted octanol–water partition coefficient (Wildman–Crippen LogP) is 2.19. The molecule has 0 aromatic carbocycles. The Kier molecular flexibility index (Phi) is 9.77. The van der Waals surface area contributed by atoms with Gasteiger partial charge in [-0.3, -0.25) is 20.3 Å². The maximum Gasteiger partial charge on any atom is 0.280 e. The van der Waals surface area contributed by atoms with E-state index in [1.807, 2.05) is 6.92 Å². The van der Waals surface area contributed by atoms with Crippen LogP contribution in [0.15, 0.2) is 0 Å². The highest BCUT2D eigenvalue weighted by atomic mass is 35.5. The van der Waals surface area contributed by atoms with Gasteiger partial charge in [0.2, 0.25) is 5.91 Å². The lowest BCUT2D eigenvalue weighted by molar-refractivity contribution is -0.122. The molecule has 0 radical (unpaired) electrons. The maximum absolute atomic E-state index is 12.2. The van der Waals surface area contributed by atoms with Gasteiger partial charge in [0.1, 0.15) is 0 Å². The molecule has 2 rings (SSSR count). The first-order chi connectivity index (χ1) is 14.8. The summed E-state index contributed by atoms with van der Waals surface area (Å²) in [5, 5.41) is 16.1. The molecule has 0 bridgehead atoms. The smallest absolute Gasteiger partial charge is 0.280 e. The van der Waals surface area contributed by atoms with Gasteiger partial charge < -0.3 is 22.1 Å². The third kappa shape index (κ3) is 8.20. The summed E-state index contributed by atoms with van der Waals surface area (Å²) in [5.74, 6) is -0.156. The number of halogens is 1. The summed E-state index contributed by atoms with van der Waals surface area (Å²) >= 11 is 5.77. The van der Waals surface area contributed by atoms with Crippen molar-refractivity contribution in [3.8, 4) is 0 Å². The van der Waals surface area contributed by atoms with Crippen LogP contribution < -0.4 is 27.4 Å². The number of guanidine groups is 1. The minimum atomic E-state index is -0.674. The fourth-order valence-corrected chi connectivity index (χ4v) is 3.85. The predicted molar refractivity (Wildman–Crippen MR) is 122 cm³/mol. The largest absolute Gasteiger partial charge is 0.382 e. The Morgan fingerprint density at radius 1 is 1.13 bits per heavy atom. The number of aromatic nitrogens is 2. The summed E-state index contributed by atoms with van der Waals surface area (Å²) in [6, 6.07) is 0.329. The van der Waals surface area contributed by atoms with Crippen molar-refractivity contribution in [2.75, 3.05) is 18.0 Å². The van der Waals surface area contributed by atoms with E-state index < -0.39 is 5.91 Å². The third-order valence-corrected chi connectivity index (χ3v) is 5.67. The van der Waals surface area contributed by atoms with Gasteiger partial charge in [0.05, 0.1) is 0 Å². The van der Waals surface area contributed by atoms with E-state index in [1.165, 1.54) is 0 Å². The van der Waals surface area contributed by atoms with E-state index in [2.05, 4.69) is 25.9 Å². The van der Waals surface area contributed by atoms with E-state index in [-0.39, 0.29) is 34.3 Å². The first-order valence-corrected chi connectivity index (χ1v) is 11.2. The fraction of sp³-hybridized carbons (Fsp3) is 0.650. The zero-order valence-electron chi connectivity index (χ0n) is 18.0. The van der Waals surface area contributed by atoms with Gasteiger partial charge >= 0.3 is 0 Å². The highest BCUT2D eigenvalue weighted by Crippen LogP contribution is 2.28. The Bertz CT molecular complexity index is 781. The van der Waals surface area contributed by atoms with E-state index in [4.69, 9.17) is 28.5 Å². The second kappa shape index (κ2) is 12.3. The molecule has 31 heavy (non-hydrogen) atoms. The summed E-state index contributed by atoms with van der Waals surface area (Å²) in [4.78, 5) is 31.4. The Balaban J connectivity index is 1.59. The number of anilines is 2. The molecule has 2 amide bonds. The minimum absolute atomic E-state index is 0.0568. The van der Waals surface area contributed by atoms with Gasteiger partial charge in [-0.2, -0.15) is 0 Å². The van der Waals surface area contributed by atoms with E-state index in [0.29, 0.717) is 24.9 Å². The molecule has 1 aromatic heterocycles. The SMILES string of the molecule is CCCC(=O)NC1CCC(CCCCNC(=N)NC(=O)c2nc(Cl)c(N)nc2N)CC1. The number of amides is 2. The van der Waals surface area contributed by atoms with Crippen molar-refractivity contribution < 1.29 is 9.59 Å². The van der Waals surface area contributed by atoms with E-state index in [9.17, 15) is 9.59 Å². The van der Waals surface area contributed by atoms with E-state index in [0.717, 1.165) is 51.4 Å². The Morgan fingerprint density at radius 2 is 1.84 bits per heavy atom. The van der Waals surface area contributed by atoms with Crippen LogP contribution in [0.2, 0.25) is 5.15 Å². The van der Waals surface area contributed by atoms with Crippen molar-refractivity contribution in [2.24, 2.45) is 5.92 Å². The molecule has 8 N–H and O–H groups in total. The number of nitrogens with zero attached hydrogens (tertiary/aromatic N) is 2. The molecule has 0 spiro atoms. The number of unbranched alkanes of at least 4 members (excludes halogenated alkanes) is 1. The maximum atomic E-state index is 12.2. The molecule has 172 valence electrons. The van der Waals surface area contributed by atoms with Crippen LogP contribution in [0.25, 0.3) is 0 Å². The zero-order valence-corrected chi connectivity index (χ0v) is 18.7. The first kappa shape index (κ1) is 24.6. The number of nitrogens with two attached hydrogens (primary N) is 2. The van der Waals surface area contributed by atoms with Crippen LogP contribution in [-0.4, -0.2) is 40.3 Å². The first-order valence-electron chi connectivity index (χ1n) is 10.8. The number of hydrogen-bond donors (Lipinski definition) is 6. The molecule has 10 nitrogen and oxygen atoms in total. The van der Waals surface area contributed by atoms with Crippen molar-refractivity contribution in [3.63, 3.8) is 0 Å². The van der Waals surface area contributed by atoms with Crippen molar-refractivity contribution >= 4 is 41.0 Å². The molecule has 1 saturated carbocycles. The molecule has 11 heteroatoms. The molecule has 0 aliphatic heterocycles. The number of hydrogen-bond acceptors (Lipinski definition) is 7. The molecular weight excluding hydrogens is 420 g/mol.